The second-order valence-corrected chi connectivity index (χ2v) is 4.05. The number of amides is 2. The molecule has 0 saturated heterocycles. The van der Waals surface area contributed by atoms with Crippen molar-refractivity contribution in [3.63, 3.8) is 0 Å². The number of likely N-dealkylation sites (N-methyl/N-ethyl adjacent to an activating group) is 1. The molecule has 1 aromatic heterocycles. The summed E-state index contributed by atoms with van der Waals surface area (Å²) in [6.45, 7) is -0.265. The van der Waals surface area contributed by atoms with Crippen molar-refractivity contribution in [3.05, 3.63) is 18.2 Å². The number of carbonyl (C=O) groups is 3. The second-order valence-electron chi connectivity index (χ2n) is 4.05. The van der Waals surface area contributed by atoms with Crippen LogP contribution >= 0.6 is 0 Å². The highest BCUT2D eigenvalue weighted by molar-refractivity contribution is 5.85. The molecule has 3 N–H and O–H groups in total. The summed E-state index contributed by atoms with van der Waals surface area (Å²) in [5, 5.41) is 11.4. The van der Waals surface area contributed by atoms with Crippen molar-refractivity contribution in [2.45, 2.75) is 12.5 Å². The van der Waals surface area contributed by atoms with Crippen molar-refractivity contribution >= 4 is 18.0 Å². The van der Waals surface area contributed by atoms with Crippen molar-refractivity contribution in [3.8, 4) is 0 Å². The monoisotopic (exact) mass is 284 g/mol. The molecular weight excluding hydrogens is 268 g/mol. The number of hydrogen-bond donors (Lipinski definition) is 3. The highest BCUT2D eigenvalue weighted by Crippen LogP contribution is 2.00. The third-order valence-corrected chi connectivity index (χ3v) is 2.52. The van der Waals surface area contributed by atoms with E-state index in [0.29, 0.717) is 5.69 Å². The van der Waals surface area contributed by atoms with Crippen LogP contribution in [0.4, 0.5) is 4.79 Å². The molecule has 0 radical (unpaired) electrons. The van der Waals surface area contributed by atoms with E-state index in [9.17, 15) is 14.4 Å². The number of aromatic amines is 1. The average molecular weight is 284 g/mol. The molecule has 0 spiro atoms. The highest BCUT2D eigenvalue weighted by Gasteiger charge is 2.23. The molecular formula is C11H16N4O5. The second kappa shape index (κ2) is 7.12. The number of urea groups is 1. The maximum Gasteiger partial charge on any atom is 0.326 e. The molecule has 9 nitrogen and oxygen atoms in total. The molecule has 20 heavy (non-hydrogen) atoms. The number of aliphatic carboxylic acids is 1. The number of carboxylic acids is 1. The lowest BCUT2D eigenvalue weighted by Crippen LogP contribution is -2.48. The number of nitrogens with one attached hydrogen (secondary N) is 2. The predicted molar refractivity (Wildman–Crippen MR) is 66.9 cm³/mol. The van der Waals surface area contributed by atoms with Crippen LogP contribution in [-0.4, -0.2) is 64.7 Å². The number of imidazole rings is 1. The number of carbonyl (C=O) groups excluding carboxylic acids is 2. The maximum atomic E-state index is 11.8. The summed E-state index contributed by atoms with van der Waals surface area (Å²) in [5.41, 5.74) is 0.577. The molecule has 1 atom stereocenters. The first-order valence-corrected chi connectivity index (χ1v) is 5.72. The van der Waals surface area contributed by atoms with Gasteiger partial charge in [-0.25, -0.2) is 14.6 Å². The Morgan fingerprint density at radius 3 is 2.75 bits per heavy atom. The normalized spacial score (nSPS) is 11.5. The van der Waals surface area contributed by atoms with Crippen LogP contribution in [0.3, 0.4) is 0 Å². The van der Waals surface area contributed by atoms with Crippen LogP contribution < -0.4 is 5.32 Å². The highest BCUT2D eigenvalue weighted by atomic mass is 16.5. The van der Waals surface area contributed by atoms with Gasteiger partial charge in [-0.05, 0) is 0 Å². The van der Waals surface area contributed by atoms with Gasteiger partial charge in [0.15, 0.2) is 0 Å². The van der Waals surface area contributed by atoms with E-state index in [1.165, 1.54) is 26.7 Å². The van der Waals surface area contributed by atoms with E-state index in [-0.39, 0.29) is 13.0 Å². The molecule has 2 amide bonds. The Morgan fingerprint density at radius 2 is 2.25 bits per heavy atom. The maximum absolute atomic E-state index is 11.8. The molecule has 0 aromatic carbocycles. The van der Waals surface area contributed by atoms with Crippen molar-refractivity contribution in [1.29, 1.82) is 0 Å². The Morgan fingerprint density at radius 1 is 1.55 bits per heavy atom. The van der Waals surface area contributed by atoms with Gasteiger partial charge in [-0.3, -0.25) is 4.79 Å². The summed E-state index contributed by atoms with van der Waals surface area (Å²) in [5.74, 6) is -1.78. The predicted octanol–water partition coefficient (Wildman–Crippen LogP) is -0.780. The van der Waals surface area contributed by atoms with Crippen LogP contribution in [0, 0.1) is 0 Å². The lowest BCUT2D eigenvalue weighted by atomic mass is 10.1. The van der Waals surface area contributed by atoms with Gasteiger partial charge in [-0.2, -0.15) is 0 Å². The van der Waals surface area contributed by atoms with Crippen molar-refractivity contribution in [2.24, 2.45) is 0 Å². The Hall–Kier alpha value is -2.58. The quantitative estimate of drug-likeness (QED) is 0.588. The van der Waals surface area contributed by atoms with Gasteiger partial charge in [-0.1, -0.05) is 0 Å². The van der Waals surface area contributed by atoms with Gasteiger partial charge in [0, 0.05) is 25.4 Å². The minimum atomic E-state index is -1.18. The summed E-state index contributed by atoms with van der Waals surface area (Å²) >= 11 is 0. The fraction of sp³-hybridized carbons (Fsp3) is 0.455. The first-order valence-electron chi connectivity index (χ1n) is 5.72. The first kappa shape index (κ1) is 15.5. The molecule has 9 heteroatoms. The SMILES string of the molecule is COC(=O)CN(C)C(=O)NC(Cc1cnc[nH]1)C(=O)O. The van der Waals surface area contributed by atoms with Crippen molar-refractivity contribution < 1.29 is 24.2 Å². The molecule has 0 fully saturated rings. The van der Waals surface area contributed by atoms with Crippen LogP contribution in [0.2, 0.25) is 0 Å². The third kappa shape index (κ3) is 4.59. The smallest absolute Gasteiger partial charge is 0.326 e. The number of methoxy groups -OCH3 is 1. The van der Waals surface area contributed by atoms with E-state index in [1.807, 2.05) is 0 Å². The Balaban J connectivity index is 2.59. The molecule has 0 aliphatic heterocycles. The van der Waals surface area contributed by atoms with Crippen LogP contribution in [0.25, 0.3) is 0 Å². The molecule has 1 unspecified atom stereocenters. The van der Waals surface area contributed by atoms with E-state index >= 15 is 0 Å². The molecule has 0 aliphatic rings. The molecule has 1 aromatic rings. The summed E-state index contributed by atoms with van der Waals surface area (Å²) in [7, 11) is 2.56. The average Bonchev–Trinajstić information content (AvgIpc) is 2.90. The molecule has 1 heterocycles. The fourth-order valence-electron chi connectivity index (χ4n) is 1.41. The molecule has 0 bridgehead atoms. The number of carboxylic acid groups (broad SMARTS) is 1. The minimum absolute atomic E-state index is 0.0626. The molecule has 0 saturated carbocycles. The van der Waals surface area contributed by atoms with Gasteiger partial charge in [-0.15, -0.1) is 0 Å². The van der Waals surface area contributed by atoms with Crippen LogP contribution in [-0.2, 0) is 20.7 Å². The van der Waals surface area contributed by atoms with Gasteiger partial charge in [0.1, 0.15) is 12.6 Å². The van der Waals surface area contributed by atoms with E-state index in [4.69, 9.17) is 5.11 Å². The van der Waals surface area contributed by atoms with Crippen molar-refractivity contribution in [2.75, 3.05) is 20.7 Å². The summed E-state index contributed by atoms with van der Waals surface area (Å²) in [4.78, 5) is 41.4. The van der Waals surface area contributed by atoms with E-state index in [0.717, 1.165) is 4.90 Å². The fourth-order valence-corrected chi connectivity index (χ4v) is 1.41. The zero-order valence-electron chi connectivity index (χ0n) is 11.1. The number of aromatic nitrogens is 2. The van der Waals surface area contributed by atoms with Crippen molar-refractivity contribution in [1.82, 2.24) is 20.2 Å². The standard InChI is InChI=1S/C11H16N4O5/c1-15(5-9(16)20-2)11(19)14-8(10(17)18)3-7-4-12-6-13-7/h4,6,8H,3,5H2,1-2H3,(H,12,13)(H,14,19)(H,17,18). The lowest BCUT2D eigenvalue weighted by molar-refractivity contribution is -0.141. The summed E-state index contributed by atoms with van der Waals surface area (Å²) in [6, 6.07) is -1.80. The third-order valence-electron chi connectivity index (χ3n) is 2.52. The van der Waals surface area contributed by atoms with Gasteiger partial charge >= 0.3 is 18.0 Å². The van der Waals surface area contributed by atoms with Crippen LogP contribution in [0.1, 0.15) is 5.69 Å². The number of rotatable bonds is 6. The van der Waals surface area contributed by atoms with E-state index < -0.39 is 24.0 Å². The number of H-pyrrole nitrogens is 1. The number of ether oxygens (including phenoxy) is 1. The number of nitrogens with zero attached hydrogens (tertiary/aromatic N) is 2. The topological polar surface area (TPSA) is 125 Å². The molecule has 1 rings (SSSR count). The number of esters is 1. The van der Waals surface area contributed by atoms with Gasteiger partial charge in [0.25, 0.3) is 0 Å². The molecule has 110 valence electrons. The van der Waals surface area contributed by atoms with Gasteiger partial charge in [0.05, 0.1) is 13.4 Å². The van der Waals surface area contributed by atoms with Crippen LogP contribution in [0.15, 0.2) is 12.5 Å². The number of hydrogen-bond acceptors (Lipinski definition) is 5. The minimum Gasteiger partial charge on any atom is -0.480 e. The largest absolute Gasteiger partial charge is 0.480 e. The zero-order chi connectivity index (χ0) is 15.1. The van der Waals surface area contributed by atoms with E-state index in [2.05, 4.69) is 20.0 Å². The lowest BCUT2D eigenvalue weighted by Gasteiger charge is -2.20. The van der Waals surface area contributed by atoms with E-state index in [1.54, 1.807) is 0 Å². The first-order chi connectivity index (χ1) is 9.43. The Kier molecular flexibility index (Phi) is 5.51. The van der Waals surface area contributed by atoms with Crippen LogP contribution in [0.5, 0.6) is 0 Å². The Labute approximate surface area is 114 Å². The Bertz CT molecular complexity index is 473. The zero-order valence-corrected chi connectivity index (χ0v) is 11.1. The summed E-state index contributed by atoms with van der Waals surface area (Å²) in [6.07, 6.45) is 2.95. The summed E-state index contributed by atoms with van der Waals surface area (Å²) < 4.78 is 4.42. The molecule has 0 aliphatic carbocycles. The van der Waals surface area contributed by atoms with Gasteiger partial charge in [0.2, 0.25) is 0 Å². The van der Waals surface area contributed by atoms with Gasteiger partial charge < -0.3 is 25.0 Å².